The van der Waals surface area contributed by atoms with Crippen LogP contribution in [0.5, 0.6) is 0 Å². The van der Waals surface area contributed by atoms with Gasteiger partial charge in [-0.1, -0.05) is 23.2 Å². The number of aromatic nitrogens is 3. The molecule has 0 atom stereocenters. The van der Waals surface area contributed by atoms with Gasteiger partial charge in [-0.3, -0.25) is 9.67 Å². The Kier molecular flexibility index (Phi) is 6.49. The Balaban J connectivity index is 1.72. The lowest BCUT2D eigenvalue weighted by atomic mass is 10.4. The van der Waals surface area contributed by atoms with E-state index in [0.29, 0.717) is 41.5 Å². The second-order valence-corrected chi connectivity index (χ2v) is 5.55. The van der Waals surface area contributed by atoms with Crippen LogP contribution in [0.15, 0.2) is 29.5 Å². The van der Waals surface area contributed by atoms with E-state index in [1.165, 1.54) is 0 Å². The number of guanidine groups is 1. The van der Waals surface area contributed by atoms with E-state index in [0.717, 1.165) is 5.69 Å². The number of nitrogens with one attached hydrogen (secondary N) is 3. The summed E-state index contributed by atoms with van der Waals surface area (Å²) in [6, 6.07) is 3.61. The van der Waals surface area contributed by atoms with E-state index in [4.69, 9.17) is 23.2 Å². The summed E-state index contributed by atoms with van der Waals surface area (Å²) < 4.78 is 1.82. The lowest BCUT2D eigenvalue weighted by molar-refractivity contribution is 0.685. The maximum Gasteiger partial charge on any atom is 0.191 e. The van der Waals surface area contributed by atoms with Crippen LogP contribution in [0.1, 0.15) is 5.69 Å². The molecule has 0 amide bonds. The number of pyridine rings is 1. The predicted molar refractivity (Wildman–Crippen MR) is 94.2 cm³/mol. The van der Waals surface area contributed by atoms with Crippen molar-refractivity contribution in [3.05, 3.63) is 40.3 Å². The van der Waals surface area contributed by atoms with Gasteiger partial charge in [-0.25, -0.2) is 4.98 Å². The molecule has 0 bridgehead atoms. The summed E-state index contributed by atoms with van der Waals surface area (Å²) in [6.45, 7) is 1.95. The fourth-order valence-electron chi connectivity index (χ4n) is 1.88. The lowest BCUT2D eigenvalue weighted by Gasteiger charge is -2.13. The van der Waals surface area contributed by atoms with Crippen molar-refractivity contribution in [3.63, 3.8) is 0 Å². The third-order valence-electron chi connectivity index (χ3n) is 3.10. The molecule has 3 N–H and O–H groups in total. The minimum Gasteiger partial charge on any atom is -0.367 e. The maximum absolute atomic E-state index is 6.05. The first-order valence-electron chi connectivity index (χ1n) is 7.06. The Morgan fingerprint density at radius 2 is 2.13 bits per heavy atom. The Hall–Kier alpha value is -1.99. The van der Waals surface area contributed by atoms with Crippen molar-refractivity contribution in [2.45, 2.75) is 6.54 Å². The summed E-state index contributed by atoms with van der Waals surface area (Å²) in [6.07, 6.45) is 3.32. The molecule has 0 spiro atoms. The number of anilines is 1. The van der Waals surface area contributed by atoms with Gasteiger partial charge in [-0.2, -0.15) is 5.10 Å². The maximum atomic E-state index is 6.05. The minimum absolute atomic E-state index is 0.496. The van der Waals surface area contributed by atoms with Crippen LogP contribution in [0.2, 0.25) is 10.0 Å². The summed E-state index contributed by atoms with van der Waals surface area (Å²) in [5.74, 6) is 1.32. The Morgan fingerprint density at radius 3 is 2.78 bits per heavy atom. The van der Waals surface area contributed by atoms with Gasteiger partial charge >= 0.3 is 0 Å². The van der Waals surface area contributed by atoms with Crippen LogP contribution in [-0.2, 0) is 13.6 Å². The highest BCUT2D eigenvalue weighted by Gasteiger charge is 2.03. The molecule has 0 unspecified atom stereocenters. The Morgan fingerprint density at radius 1 is 1.30 bits per heavy atom. The fraction of sp³-hybridized carbons (Fsp3) is 0.357. The molecule has 0 saturated carbocycles. The van der Waals surface area contributed by atoms with Gasteiger partial charge in [0.2, 0.25) is 0 Å². The first kappa shape index (κ1) is 17.4. The molecule has 2 heterocycles. The van der Waals surface area contributed by atoms with Crippen LogP contribution in [0.3, 0.4) is 0 Å². The van der Waals surface area contributed by atoms with Gasteiger partial charge in [0, 0.05) is 39.6 Å². The number of halogens is 2. The van der Waals surface area contributed by atoms with E-state index in [-0.39, 0.29) is 0 Å². The van der Waals surface area contributed by atoms with Crippen molar-refractivity contribution >= 4 is 35.0 Å². The summed E-state index contributed by atoms with van der Waals surface area (Å²) >= 11 is 11.9. The van der Waals surface area contributed by atoms with E-state index in [1.54, 1.807) is 25.5 Å². The minimum atomic E-state index is 0.496. The van der Waals surface area contributed by atoms with E-state index in [9.17, 15) is 0 Å². The molecule has 0 aliphatic heterocycles. The van der Waals surface area contributed by atoms with Crippen molar-refractivity contribution in [3.8, 4) is 0 Å². The second kappa shape index (κ2) is 8.59. The normalized spacial score (nSPS) is 11.4. The zero-order chi connectivity index (χ0) is 16.7. The average Bonchev–Trinajstić information content (AvgIpc) is 2.93. The van der Waals surface area contributed by atoms with E-state index >= 15 is 0 Å². The zero-order valence-electron chi connectivity index (χ0n) is 13.0. The molecule has 0 fully saturated rings. The molecule has 0 aromatic carbocycles. The van der Waals surface area contributed by atoms with E-state index in [1.807, 2.05) is 17.8 Å². The third-order valence-corrected chi connectivity index (χ3v) is 3.60. The quantitative estimate of drug-likeness (QED) is 0.419. The number of aliphatic imine (C=N–C) groups is 1. The topological polar surface area (TPSA) is 79.2 Å². The first-order valence-corrected chi connectivity index (χ1v) is 7.82. The number of aryl methyl sites for hydroxylation is 1. The van der Waals surface area contributed by atoms with Gasteiger partial charge in [0.15, 0.2) is 5.96 Å². The van der Waals surface area contributed by atoms with Gasteiger partial charge in [-0.15, -0.1) is 0 Å². The smallest absolute Gasteiger partial charge is 0.191 e. The highest BCUT2D eigenvalue weighted by atomic mass is 35.5. The van der Waals surface area contributed by atoms with Gasteiger partial charge in [-0.05, 0) is 12.1 Å². The molecule has 0 aliphatic rings. The van der Waals surface area contributed by atoms with Crippen LogP contribution in [0, 0.1) is 0 Å². The summed E-state index contributed by atoms with van der Waals surface area (Å²) in [5.41, 5.74) is 1.07. The third kappa shape index (κ3) is 5.30. The monoisotopic (exact) mass is 355 g/mol. The van der Waals surface area contributed by atoms with Crippen molar-refractivity contribution in [1.29, 1.82) is 0 Å². The molecule has 7 nitrogen and oxygen atoms in total. The fourth-order valence-corrected chi connectivity index (χ4v) is 2.32. The highest BCUT2D eigenvalue weighted by Crippen LogP contribution is 2.21. The van der Waals surface area contributed by atoms with E-state index in [2.05, 4.69) is 31.0 Å². The number of hydrogen-bond acceptors (Lipinski definition) is 4. The molecule has 0 radical (unpaired) electrons. The molecular formula is C14H19Cl2N7. The average molecular weight is 356 g/mol. The standard InChI is InChI=1S/C14H19Cl2N7/c1-17-14(21-9-11-3-4-22-23(11)2)19-6-5-18-13-12(16)7-10(15)8-20-13/h3-4,7-8H,5-6,9H2,1-2H3,(H,18,20)(H2,17,19,21). The second-order valence-electron chi connectivity index (χ2n) is 4.71. The molecule has 23 heavy (non-hydrogen) atoms. The molecule has 124 valence electrons. The molecule has 9 heteroatoms. The van der Waals surface area contributed by atoms with Crippen molar-refractivity contribution in [1.82, 2.24) is 25.4 Å². The van der Waals surface area contributed by atoms with E-state index < -0.39 is 0 Å². The lowest BCUT2D eigenvalue weighted by Crippen LogP contribution is -2.39. The van der Waals surface area contributed by atoms with Crippen molar-refractivity contribution in [2.24, 2.45) is 12.0 Å². The van der Waals surface area contributed by atoms with Crippen molar-refractivity contribution < 1.29 is 0 Å². The number of rotatable bonds is 6. The van der Waals surface area contributed by atoms with Gasteiger partial charge in [0.25, 0.3) is 0 Å². The van der Waals surface area contributed by atoms with Gasteiger partial charge in [0.05, 0.1) is 22.3 Å². The SMILES string of the molecule is CN=C(NCCNc1ncc(Cl)cc1Cl)NCc1ccnn1C. The molecule has 2 aromatic heterocycles. The highest BCUT2D eigenvalue weighted by molar-refractivity contribution is 6.35. The van der Waals surface area contributed by atoms with Crippen molar-refractivity contribution in [2.75, 3.05) is 25.5 Å². The van der Waals surface area contributed by atoms with Crippen LogP contribution in [0.25, 0.3) is 0 Å². The van der Waals surface area contributed by atoms with Gasteiger partial charge < -0.3 is 16.0 Å². The molecule has 2 aromatic rings. The molecule has 0 aliphatic carbocycles. The largest absolute Gasteiger partial charge is 0.367 e. The summed E-state index contributed by atoms with van der Waals surface area (Å²) in [4.78, 5) is 8.30. The first-order chi connectivity index (χ1) is 11.1. The van der Waals surface area contributed by atoms with Crippen LogP contribution < -0.4 is 16.0 Å². The molecule has 2 rings (SSSR count). The van der Waals surface area contributed by atoms with Crippen LogP contribution in [-0.4, -0.2) is 40.9 Å². The Bertz CT molecular complexity index is 669. The number of hydrogen-bond donors (Lipinski definition) is 3. The molecule has 0 saturated heterocycles. The van der Waals surface area contributed by atoms with Crippen LogP contribution in [0.4, 0.5) is 5.82 Å². The van der Waals surface area contributed by atoms with Crippen LogP contribution >= 0.6 is 23.2 Å². The molecular weight excluding hydrogens is 337 g/mol. The van der Waals surface area contributed by atoms with Gasteiger partial charge in [0.1, 0.15) is 5.82 Å². The summed E-state index contributed by atoms with van der Waals surface area (Å²) in [5, 5.41) is 14.7. The number of nitrogens with zero attached hydrogens (tertiary/aromatic N) is 4. The summed E-state index contributed by atoms with van der Waals surface area (Å²) in [7, 11) is 3.63. The Labute approximate surface area is 145 Å². The predicted octanol–water partition coefficient (Wildman–Crippen LogP) is 1.90. The zero-order valence-corrected chi connectivity index (χ0v) is 14.5.